The van der Waals surface area contributed by atoms with Crippen molar-refractivity contribution >= 4 is 35.7 Å². The molecular weight excluding hydrogens is 550 g/mol. The van der Waals surface area contributed by atoms with Crippen LogP contribution in [0.5, 0.6) is 0 Å². The molecule has 232 valence electrons. The summed E-state index contributed by atoms with van der Waals surface area (Å²) in [7, 11) is 0. The summed E-state index contributed by atoms with van der Waals surface area (Å²) in [4.78, 5) is 60.4. The fraction of sp³-hybridized carbons (Fsp3) is 0.567. The number of amides is 1. The van der Waals surface area contributed by atoms with E-state index >= 15 is 0 Å². The maximum absolute atomic E-state index is 12.9. The van der Waals surface area contributed by atoms with Gasteiger partial charge in [-0.1, -0.05) is 24.3 Å². The molecule has 0 aromatic heterocycles. The van der Waals surface area contributed by atoms with Gasteiger partial charge in [0.15, 0.2) is 18.3 Å². The van der Waals surface area contributed by atoms with Gasteiger partial charge in [-0.25, -0.2) is 9.59 Å². The first-order chi connectivity index (χ1) is 19.3. The third-order valence-electron chi connectivity index (χ3n) is 5.40. The molecule has 0 unspecified atom stereocenters. The SMILES string of the molecule is CC(=O)OC[C@H]1OC(c2ccc(C[C@H](NC(=O)OC(C)(C)C)C(=O)OC(C)(C)C)cc2)=C[C@@H](OC(C)=O)[C@@H]1OC(C)=O. The Morgan fingerprint density at radius 2 is 1.40 bits per heavy atom. The van der Waals surface area contributed by atoms with Gasteiger partial charge < -0.3 is 33.7 Å². The number of alkyl carbamates (subject to hydrolysis) is 1. The maximum atomic E-state index is 12.9. The second-order valence-electron chi connectivity index (χ2n) is 11.8. The van der Waals surface area contributed by atoms with Crippen molar-refractivity contribution in [2.75, 3.05) is 6.61 Å². The summed E-state index contributed by atoms with van der Waals surface area (Å²) >= 11 is 0. The Kier molecular flexibility index (Phi) is 11.5. The smallest absolute Gasteiger partial charge is 0.408 e. The van der Waals surface area contributed by atoms with Crippen LogP contribution >= 0.6 is 0 Å². The summed E-state index contributed by atoms with van der Waals surface area (Å²) < 4.78 is 32.7. The number of carbonyl (C=O) groups is 5. The second-order valence-corrected chi connectivity index (χ2v) is 11.8. The summed E-state index contributed by atoms with van der Waals surface area (Å²) in [5, 5.41) is 2.59. The highest BCUT2D eigenvalue weighted by Crippen LogP contribution is 2.30. The molecule has 1 aliphatic heterocycles. The third kappa shape index (κ3) is 11.8. The molecule has 4 atom stereocenters. The first-order valence-corrected chi connectivity index (χ1v) is 13.5. The first kappa shape index (κ1) is 34.1. The molecule has 1 N–H and O–H groups in total. The van der Waals surface area contributed by atoms with Gasteiger partial charge in [0, 0.05) is 38.8 Å². The molecular formula is C30H41NO11. The summed E-state index contributed by atoms with van der Waals surface area (Å²) in [5.74, 6) is -2.13. The molecule has 0 spiro atoms. The summed E-state index contributed by atoms with van der Waals surface area (Å²) in [6, 6.07) is 5.85. The van der Waals surface area contributed by atoms with Crippen LogP contribution in [0.2, 0.25) is 0 Å². The van der Waals surface area contributed by atoms with Crippen LogP contribution in [0.1, 0.15) is 73.4 Å². The van der Waals surface area contributed by atoms with Crippen LogP contribution < -0.4 is 5.32 Å². The third-order valence-corrected chi connectivity index (χ3v) is 5.40. The van der Waals surface area contributed by atoms with Gasteiger partial charge in [0.2, 0.25) is 0 Å². The molecule has 1 heterocycles. The zero-order valence-corrected chi connectivity index (χ0v) is 25.6. The number of esters is 4. The van der Waals surface area contributed by atoms with Crippen LogP contribution in [0, 0.1) is 0 Å². The largest absolute Gasteiger partial charge is 0.482 e. The average molecular weight is 592 g/mol. The Balaban J connectivity index is 2.34. The molecule has 0 radical (unpaired) electrons. The Morgan fingerprint density at radius 1 is 0.833 bits per heavy atom. The van der Waals surface area contributed by atoms with Gasteiger partial charge in [-0.15, -0.1) is 0 Å². The molecule has 0 fully saturated rings. The van der Waals surface area contributed by atoms with Gasteiger partial charge in [-0.3, -0.25) is 14.4 Å². The highest BCUT2D eigenvalue weighted by molar-refractivity contribution is 5.82. The highest BCUT2D eigenvalue weighted by Gasteiger charge is 2.40. The van der Waals surface area contributed by atoms with Crippen molar-refractivity contribution < 1.29 is 52.4 Å². The molecule has 1 aromatic carbocycles. The van der Waals surface area contributed by atoms with E-state index in [2.05, 4.69) is 5.32 Å². The lowest BCUT2D eigenvalue weighted by Crippen LogP contribution is -2.48. The van der Waals surface area contributed by atoms with Gasteiger partial charge in [-0.2, -0.15) is 0 Å². The minimum Gasteiger partial charge on any atom is -0.482 e. The number of rotatable bonds is 9. The molecule has 1 aromatic rings. The van der Waals surface area contributed by atoms with E-state index in [1.807, 2.05) is 0 Å². The van der Waals surface area contributed by atoms with Crippen LogP contribution in [-0.2, 0) is 54.0 Å². The molecule has 0 saturated carbocycles. The minimum atomic E-state index is -1.05. The fourth-order valence-corrected chi connectivity index (χ4v) is 3.90. The van der Waals surface area contributed by atoms with Crippen molar-refractivity contribution in [1.82, 2.24) is 5.32 Å². The van der Waals surface area contributed by atoms with Crippen LogP contribution in [0.25, 0.3) is 5.76 Å². The second kappa shape index (κ2) is 14.2. The van der Waals surface area contributed by atoms with Crippen LogP contribution in [0.15, 0.2) is 30.3 Å². The monoisotopic (exact) mass is 591 g/mol. The molecule has 2 rings (SSSR count). The number of hydrogen-bond acceptors (Lipinski definition) is 11. The van der Waals surface area contributed by atoms with Crippen molar-refractivity contribution in [2.45, 2.75) is 104 Å². The number of ether oxygens (including phenoxy) is 6. The van der Waals surface area contributed by atoms with E-state index in [0.29, 0.717) is 16.9 Å². The van der Waals surface area contributed by atoms with Gasteiger partial charge >= 0.3 is 30.0 Å². The molecule has 0 bridgehead atoms. The van der Waals surface area contributed by atoms with E-state index in [-0.39, 0.29) is 13.0 Å². The lowest BCUT2D eigenvalue weighted by molar-refractivity contribution is -0.177. The molecule has 1 amide bonds. The molecule has 1 aliphatic rings. The van der Waals surface area contributed by atoms with E-state index in [1.165, 1.54) is 26.8 Å². The lowest BCUT2D eigenvalue weighted by Gasteiger charge is -2.35. The molecule has 0 saturated heterocycles. The van der Waals surface area contributed by atoms with Crippen molar-refractivity contribution in [1.29, 1.82) is 0 Å². The van der Waals surface area contributed by atoms with Crippen molar-refractivity contribution in [3.8, 4) is 0 Å². The standard InChI is InChI=1S/C30H41NO11/c1-17(32)37-16-25-26(39-19(3)34)24(38-18(2)33)15-23(40-25)21-12-10-20(11-13-21)14-22(27(35)41-29(4,5)6)31-28(36)42-30(7,8)9/h10-13,15,22,24-26H,14,16H2,1-9H3,(H,31,36)/t22-,24+,25+,26-/m0/s1. The number of nitrogens with one attached hydrogen (secondary N) is 1. The number of carbonyl (C=O) groups excluding carboxylic acids is 5. The van der Waals surface area contributed by atoms with E-state index in [1.54, 1.807) is 65.8 Å². The molecule has 0 aliphatic carbocycles. The Morgan fingerprint density at radius 3 is 1.90 bits per heavy atom. The van der Waals surface area contributed by atoms with Crippen molar-refractivity contribution in [2.24, 2.45) is 0 Å². The first-order valence-electron chi connectivity index (χ1n) is 13.5. The Bertz CT molecular complexity index is 1180. The van der Waals surface area contributed by atoms with Gasteiger partial charge in [0.05, 0.1) is 0 Å². The summed E-state index contributed by atoms with van der Waals surface area (Å²) in [6.45, 7) is 13.7. The van der Waals surface area contributed by atoms with Gasteiger partial charge in [0.25, 0.3) is 0 Å². The Hall–Kier alpha value is -4.09. The van der Waals surface area contributed by atoms with E-state index in [9.17, 15) is 24.0 Å². The molecule has 12 heteroatoms. The lowest BCUT2D eigenvalue weighted by atomic mass is 9.99. The summed E-state index contributed by atoms with van der Waals surface area (Å²) in [6.07, 6.45) is -2.17. The predicted molar refractivity (Wildman–Crippen MR) is 150 cm³/mol. The predicted octanol–water partition coefficient (Wildman–Crippen LogP) is 3.63. The van der Waals surface area contributed by atoms with Crippen LogP contribution in [0.3, 0.4) is 0 Å². The van der Waals surface area contributed by atoms with Crippen molar-refractivity contribution in [3.63, 3.8) is 0 Å². The van der Waals surface area contributed by atoms with Crippen LogP contribution in [0.4, 0.5) is 4.79 Å². The molecule has 12 nitrogen and oxygen atoms in total. The highest BCUT2D eigenvalue weighted by atomic mass is 16.6. The van der Waals surface area contributed by atoms with Crippen LogP contribution in [-0.4, -0.2) is 72.1 Å². The van der Waals surface area contributed by atoms with Gasteiger partial charge in [-0.05, 0) is 47.1 Å². The van der Waals surface area contributed by atoms with E-state index in [4.69, 9.17) is 28.4 Å². The van der Waals surface area contributed by atoms with E-state index < -0.39 is 65.5 Å². The minimum absolute atomic E-state index is 0.105. The fourth-order valence-electron chi connectivity index (χ4n) is 3.90. The quantitative estimate of drug-likeness (QED) is 0.331. The number of benzene rings is 1. The molecule has 42 heavy (non-hydrogen) atoms. The Labute approximate surface area is 246 Å². The van der Waals surface area contributed by atoms with E-state index in [0.717, 1.165) is 0 Å². The average Bonchev–Trinajstić information content (AvgIpc) is 2.81. The topological polar surface area (TPSA) is 153 Å². The zero-order valence-electron chi connectivity index (χ0n) is 25.6. The summed E-state index contributed by atoms with van der Waals surface area (Å²) in [5.41, 5.74) is -0.277. The van der Waals surface area contributed by atoms with Crippen molar-refractivity contribution in [3.05, 3.63) is 41.5 Å². The maximum Gasteiger partial charge on any atom is 0.408 e. The normalized spacial score (nSPS) is 19.3. The zero-order chi connectivity index (χ0) is 31.8. The van der Waals surface area contributed by atoms with Gasteiger partial charge in [0.1, 0.15) is 29.6 Å². The number of hydrogen-bond donors (Lipinski definition) is 1.